The van der Waals surface area contributed by atoms with E-state index in [4.69, 9.17) is 0 Å². The van der Waals surface area contributed by atoms with E-state index in [1.165, 1.54) is 6.07 Å². The Morgan fingerprint density at radius 2 is 1.74 bits per heavy atom. The molecular weight excluding hydrogens is 363 g/mol. The molecule has 5 heteroatoms. The maximum atomic E-state index is 13.0. The minimum atomic E-state index is -0.945. The third kappa shape index (κ3) is 3.99. The molecule has 0 saturated carbocycles. The van der Waals surface area contributed by atoms with Crippen LogP contribution in [-0.4, -0.2) is 5.91 Å². The summed E-state index contributed by atoms with van der Waals surface area (Å²) in [6.07, 6.45) is 0.00316. The van der Waals surface area contributed by atoms with Gasteiger partial charge in [0, 0.05) is 9.26 Å². The monoisotopic (exact) mass is 373 g/mol. The highest BCUT2D eigenvalue weighted by Gasteiger charge is 2.07. The van der Waals surface area contributed by atoms with Gasteiger partial charge in [-0.2, -0.15) is 0 Å². The molecule has 2 aromatic carbocycles. The Kier molecular flexibility index (Phi) is 4.47. The summed E-state index contributed by atoms with van der Waals surface area (Å²) in [4.78, 5) is 11.7. The van der Waals surface area contributed by atoms with E-state index in [9.17, 15) is 13.6 Å². The summed E-state index contributed by atoms with van der Waals surface area (Å²) in [6, 6.07) is 10.7. The zero-order valence-electron chi connectivity index (χ0n) is 9.79. The summed E-state index contributed by atoms with van der Waals surface area (Å²) in [7, 11) is 0. The number of anilines is 1. The first kappa shape index (κ1) is 13.9. The Morgan fingerprint density at radius 3 is 2.37 bits per heavy atom. The van der Waals surface area contributed by atoms with E-state index in [-0.39, 0.29) is 12.3 Å². The minimum absolute atomic E-state index is 0.00316. The number of carbonyl (C=O) groups excluding carboxylic acids is 1. The molecule has 0 spiro atoms. The molecule has 98 valence electrons. The third-order valence-electron chi connectivity index (χ3n) is 2.48. The Hall–Kier alpha value is -1.50. The predicted octanol–water partition coefficient (Wildman–Crippen LogP) is 3.75. The second-order valence-electron chi connectivity index (χ2n) is 3.98. The molecule has 0 atom stereocenters. The maximum Gasteiger partial charge on any atom is 0.228 e. The maximum absolute atomic E-state index is 13.0. The highest BCUT2D eigenvalue weighted by Crippen LogP contribution is 2.13. The zero-order valence-corrected chi connectivity index (χ0v) is 11.9. The molecule has 1 amide bonds. The molecule has 0 heterocycles. The lowest BCUT2D eigenvalue weighted by Crippen LogP contribution is -2.14. The minimum Gasteiger partial charge on any atom is -0.326 e. The first-order valence-corrected chi connectivity index (χ1v) is 6.62. The van der Waals surface area contributed by atoms with Gasteiger partial charge in [0.1, 0.15) is 0 Å². The van der Waals surface area contributed by atoms with Crippen molar-refractivity contribution < 1.29 is 13.6 Å². The molecule has 0 aliphatic rings. The van der Waals surface area contributed by atoms with Crippen molar-refractivity contribution in [3.05, 3.63) is 63.2 Å². The highest BCUT2D eigenvalue weighted by molar-refractivity contribution is 14.1. The van der Waals surface area contributed by atoms with Crippen molar-refractivity contribution in [1.29, 1.82) is 0 Å². The molecule has 0 saturated heterocycles. The van der Waals surface area contributed by atoms with Gasteiger partial charge in [-0.3, -0.25) is 4.79 Å². The smallest absolute Gasteiger partial charge is 0.228 e. The molecule has 2 rings (SSSR count). The molecule has 1 N–H and O–H groups in total. The van der Waals surface area contributed by atoms with Gasteiger partial charge in [-0.05, 0) is 64.6 Å². The fourth-order valence-corrected chi connectivity index (χ4v) is 1.93. The Labute approximate surface area is 123 Å². The number of hydrogen-bond acceptors (Lipinski definition) is 1. The SMILES string of the molecule is O=C(Cc1ccc(F)c(F)c1)Nc1ccc(I)cc1. The van der Waals surface area contributed by atoms with Crippen molar-refractivity contribution in [2.75, 3.05) is 5.32 Å². The summed E-state index contributed by atoms with van der Waals surface area (Å²) in [5, 5.41) is 2.69. The van der Waals surface area contributed by atoms with Gasteiger partial charge in [-0.1, -0.05) is 6.07 Å². The van der Waals surface area contributed by atoms with Gasteiger partial charge in [-0.15, -0.1) is 0 Å². The molecule has 2 aromatic rings. The second kappa shape index (κ2) is 6.10. The van der Waals surface area contributed by atoms with E-state index in [1.807, 2.05) is 12.1 Å². The predicted molar refractivity (Wildman–Crippen MR) is 77.9 cm³/mol. The normalized spacial score (nSPS) is 10.3. The number of nitrogens with one attached hydrogen (secondary N) is 1. The van der Waals surface area contributed by atoms with Gasteiger partial charge < -0.3 is 5.32 Å². The lowest BCUT2D eigenvalue weighted by Gasteiger charge is -2.05. The van der Waals surface area contributed by atoms with Crippen molar-refractivity contribution in [3.63, 3.8) is 0 Å². The molecule has 19 heavy (non-hydrogen) atoms. The molecule has 0 unspecified atom stereocenters. The van der Waals surface area contributed by atoms with E-state index in [2.05, 4.69) is 27.9 Å². The Morgan fingerprint density at radius 1 is 1.05 bits per heavy atom. The van der Waals surface area contributed by atoms with Crippen molar-refractivity contribution in [3.8, 4) is 0 Å². The van der Waals surface area contributed by atoms with E-state index in [1.54, 1.807) is 12.1 Å². The van der Waals surface area contributed by atoms with Gasteiger partial charge in [0.15, 0.2) is 11.6 Å². The second-order valence-corrected chi connectivity index (χ2v) is 5.23. The fourth-order valence-electron chi connectivity index (χ4n) is 1.57. The van der Waals surface area contributed by atoms with Crippen molar-refractivity contribution >= 4 is 34.2 Å². The molecule has 2 nitrogen and oxygen atoms in total. The summed E-state index contributed by atoms with van der Waals surface area (Å²) < 4.78 is 26.8. The lowest BCUT2D eigenvalue weighted by atomic mass is 10.1. The quantitative estimate of drug-likeness (QED) is 0.816. The van der Waals surface area contributed by atoms with E-state index in [0.717, 1.165) is 15.7 Å². The number of halogens is 3. The van der Waals surface area contributed by atoms with Crippen molar-refractivity contribution in [2.24, 2.45) is 0 Å². The van der Waals surface area contributed by atoms with Gasteiger partial charge in [-0.25, -0.2) is 8.78 Å². The number of hydrogen-bond donors (Lipinski definition) is 1. The van der Waals surface area contributed by atoms with Crippen LogP contribution >= 0.6 is 22.6 Å². The number of amides is 1. The van der Waals surface area contributed by atoms with Crippen LogP contribution in [0.15, 0.2) is 42.5 Å². The summed E-state index contributed by atoms with van der Waals surface area (Å²) in [5.74, 6) is -2.13. The summed E-state index contributed by atoms with van der Waals surface area (Å²) >= 11 is 2.17. The van der Waals surface area contributed by atoms with Crippen LogP contribution in [0.1, 0.15) is 5.56 Å². The van der Waals surface area contributed by atoms with Crippen LogP contribution < -0.4 is 5.32 Å². The van der Waals surface area contributed by atoms with E-state index in [0.29, 0.717) is 11.3 Å². The molecule has 0 aliphatic carbocycles. The van der Waals surface area contributed by atoms with Crippen LogP contribution in [0.2, 0.25) is 0 Å². The summed E-state index contributed by atoms with van der Waals surface area (Å²) in [6.45, 7) is 0. The van der Waals surface area contributed by atoms with Crippen molar-refractivity contribution in [2.45, 2.75) is 6.42 Å². The average Bonchev–Trinajstić information content (AvgIpc) is 2.37. The Bertz CT molecular complexity index is 599. The fraction of sp³-hybridized carbons (Fsp3) is 0.0714. The third-order valence-corrected chi connectivity index (χ3v) is 3.20. The largest absolute Gasteiger partial charge is 0.326 e. The highest BCUT2D eigenvalue weighted by atomic mass is 127. The van der Waals surface area contributed by atoms with E-state index < -0.39 is 11.6 Å². The molecular formula is C14H10F2INO. The van der Waals surface area contributed by atoms with Gasteiger partial charge >= 0.3 is 0 Å². The average molecular weight is 373 g/mol. The zero-order chi connectivity index (χ0) is 13.8. The van der Waals surface area contributed by atoms with Crippen LogP contribution in [0.3, 0.4) is 0 Å². The van der Waals surface area contributed by atoms with Crippen LogP contribution in [0, 0.1) is 15.2 Å². The van der Waals surface area contributed by atoms with Gasteiger partial charge in [0.25, 0.3) is 0 Å². The first-order valence-electron chi connectivity index (χ1n) is 5.54. The lowest BCUT2D eigenvalue weighted by molar-refractivity contribution is -0.115. The molecule has 0 aliphatic heterocycles. The molecule has 0 aromatic heterocycles. The standard InChI is InChI=1S/C14H10F2INO/c15-12-6-1-9(7-13(12)16)8-14(19)18-11-4-2-10(17)3-5-11/h1-7H,8H2,(H,18,19). The number of rotatable bonds is 3. The molecule has 0 radical (unpaired) electrons. The van der Waals surface area contributed by atoms with Crippen LogP contribution in [0.25, 0.3) is 0 Å². The number of carbonyl (C=O) groups is 1. The topological polar surface area (TPSA) is 29.1 Å². The van der Waals surface area contributed by atoms with Gasteiger partial charge in [0.05, 0.1) is 6.42 Å². The van der Waals surface area contributed by atoms with Crippen LogP contribution in [0.4, 0.5) is 14.5 Å². The first-order chi connectivity index (χ1) is 9.04. The van der Waals surface area contributed by atoms with Crippen molar-refractivity contribution in [1.82, 2.24) is 0 Å². The van der Waals surface area contributed by atoms with E-state index >= 15 is 0 Å². The van der Waals surface area contributed by atoms with Crippen LogP contribution in [-0.2, 0) is 11.2 Å². The van der Waals surface area contributed by atoms with Crippen LogP contribution in [0.5, 0.6) is 0 Å². The molecule has 0 bridgehead atoms. The molecule has 0 fully saturated rings. The number of benzene rings is 2. The Balaban J connectivity index is 2.01. The summed E-state index contributed by atoms with van der Waals surface area (Å²) in [5.41, 5.74) is 1.11. The van der Waals surface area contributed by atoms with Gasteiger partial charge in [0.2, 0.25) is 5.91 Å².